The van der Waals surface area contributed by atoms with E-state index < -0.39 is 0 Å². The highest BCUT2D eigenvalue weighted by molar-refractivity contribution is 7.99. The van der Waals surface area contributed by atoms with E-state index in [4.69, 9.17) is 11.6 Å². The molecule has 11 heavy (non-hydrogen) atoms. The van der Waals surface area contributed by atoms with Gasteiger partial charge in [0.15, 0.2) is 0 Å². The van der Waals surface area contributed by atoms with Crippen LogP contribution in [0.5, 0.6) is 0 Å². The first-order valence-corrected chi connectivity index (χ1v) is 5.46. The van der Waals surface area contributed by atoms with Gasteiger partial charge in [0.25, 0.3) is 0 Å². The zero-order valence-corrected chi connectivity index (χ0v) is 8.71. The zero-order valence-electron chi connectivity index (χ0n) is 7.14. The molecule has 1 unspecified atom stereocenters. The summed E-state index contributed by atoms with van der Waals surface area (Å²) in [4.78, 5) is 0. The lowest BCUT2D eigenvalue weighted by Gasteiger charge is -2.10. The van der Waals surface area contributed by atoms with Crippen molar-refractivity contribution in [3.63, 3.8) is 0 Å². The molecule has 0 aliphatic rings. The lowest BCUT2D eigenvalue weighted by atomic mass is 10.4. The number of rotatable bonds is 6. The van der Waals surface area contributed by atoms with Crippen LogP contribution in [0.3, 0.4) is 0 Å². The molecule has 0 heterocycles. The molecule has 0 bridgehead atoms. The van der Waals surface area contributed by atoms with E-state index in [1.54, 1.807) is 5.54 Å². The van der Waals surface area contributed by atoms with E-state index in [-0.39, 0.29) is 0 Å². The summed E-state index contributed by atoms with van der Waals surface area (Å²) >= 11 is 7.32. The van der Waals surface area contributed by atoms with Crippen molar-refractivity contribution in [3.8, 4) is 0 Å². The van der Waals surface area contributed by atoms with Crippen LogP contribution in [-0.4, -0.2) is 24.1 Å². The molecule has 0 aliphatic carbocycles. The molecule has 0 aromatic rings. The highest BCUT2D eigenvalue weighted by atomic mass is 35.5. The lowest BCUT2D eigenvalue weighted by Crippen LogP contribution is -2.28. The quantitative estimate of drug-likeness (QED) is 0.696. The third-order valence-corrected chi connectivity index (χ3v) is 2.57. The van der Waals surface area contributed by atoms with Gasteiger partial charge in [0.05, 0.1) is 0 Å². The second-order valence-electron chi connectivity index (χ2n) is 2.33. The van der Waals surface area contributed by atoms with Gasteiger partial charge in [-0.3, -0.25) is 0 Å². The van der Waals surface area contributed by atoms with Crippen LogP contribution in [0.15, 0.2) is 11.6 Å². The van der Waals surface area contributed by atoms with Crippen LogP contribution >= 0.6 is 23.4 Å². The summed E-state index contributed by atoms with van der Waals surface area (Å²) in [6.07, 6.45) is 1.91. The van der Waals surface area contributed by atoms with Gasteiger partial charge in [0.1, 0.15) is 0 Å². The smallest absolute Gasteiger partial charge is 0.0149 e. The molecule has 0 aromatic heterocycles. The Labute approximate surface area is 78.6 Å². The maximum absolute atomic E-state index is 5.36. The van der Waals surface area contributed by atoms with Crippen LogP contribution in [0, 0.1) is 0 Å². The van der Waals surface area contributed by atoms with E-state index in [9.17, 15) is 0 Å². The van der Waals surface area contributed by atoms with Crippen LogP contribution in [0.4, 0.5) is 0 Å². The van der Waals surface area contributed by atoms with E-state index in [1.165, 1.54) is 11.5 Å². The fourth-order valence-corrected chi connectivity index (χ4v) is 1.46. The Morgan fingerprint density at radius 2 is 2.36 bits per heavy atom. The summed E-state index contributed by atoms with van der Waals surface area (Å²) < 4.78 is 0. The minimum atomic E-state index is 0.577. The third kappa shape index (κ3) is 8.24. The Kier molecular flexibility index (Phi) is 8.70. The van der Waals surface area contributed by atoms with E-state index >= 15 is 0 Å². The van der Waals surface area contributed by atoms with Gasteiger partial charge in [-0.1, -0.05) is 24.6 Å². The van der Waals surface area contributed by atoms with Gasteiger partial charge in [0.2, 0.25) is 0 Å². The van der Waals surface area contributed by atoms with Crippen LogP contribution in [-0.2, 0) is 0 Å². The molecule has 3 heteroatoms. The first kappa shape index (κ1) is 11.3. The molecule has 0 saturated heterocycles. The van der Waals surface area contributed by atoms with Gasteiger partial charge < -0.3 is 5.32 Å². The minimum absolute atomic E-state index is 0.577. The number of thioether (sulfide) groups is 1. The second-order valence-corrected chi connectivity index (χ2v) is 3.90. The largest absolute Gasteiger partial charge is 0.310 e. The summed E-state index contributed by atoms with van der Waals surface area (Å²) in [5.41, 5.74) is 1.55. The molecule has 0 spiro atoms. The van der Waals surface area contributed by atoms with E-state index in [0.717, 1.165) is 6.54 Å². The number of halogens is 1. The number of hydrogen-bond donors (Lipinski definition) is 1. The van der Waals surface area contributed by atoms with Crippen molar-refractivity contribution in [2.24, 2.45) is 0 Å². The van der Waals surface area contributed by atoms with Crippen LogP contribution < -0.4 is 5.32 Å². The second kappa shape index (κ2) is 8.44. The van der Waals surface area contributed by atoms with Gasteiger partial charge in [0, 0.05) is 23.9 Å². The molecular formula is C8H16ClNS. The fraction of sp³-hybridized carbons (Fsp3) is 0.750. The maximum Gasteiger partial charge on any atom is 0.0149 e. The highest BCUT2D eigenvalue weighted by Gasteiger charge is 1.97. The summed E-state index contributed by atoms with van der Waals surface area (Å²) in [6.45, 7) is 5.23. The molecule has 0 rings (SSSR count). The van der Waals surface area contributed by atoms with Crippen molar-refractivity contribution in [2.45, 2.75) is 19.9 Å². The molecule has 0 fully saturated rings. The normalized spacial score (nSPS) is 14.1. The van der Waals surface area contributed by atoms with E-state index in [0.29, 0.717) is 6.04 Å². The van der Waals surface area contributed by atoms with E-state index in [2.05, 4.69) is 19.2 Å². The Morgan fingerprint density at radius 3 is 2.91 bits per heavy atom. The van der Waals surface area contributed by atoms with Crippen molar-refractivity contribution in [2.75, 3.05) is 18.1 Å². The van der Waals surface area contributed by atoms with Crippen molar-refractivity contribution in [1.82, 2.24) is 5.32 Å². The van der Waals surface area contributed by atoms with Crippen molar-refractivity contribution in [1.29, 1.82) is 0 Å². The molecule has 0 aromatic carbocycles. The van der Waals surface area contributed by atoms with Crippen molar-refractivity contribution >= 4 is 23.4 Å². The van der Waals surface area contributed by atoms with Gasteiger partial charge in [-0.25, -0.2) is 0 Å². The Bertz CT molecular complexity index is 106. The van der Waals surface area contributed by atoms with Crippen molar-refractivity contribution < 1.29 is 0 Å². The topological polar surface area (TPSA) is 12.0 Å². The maximum atomic E-state index is 5.36. The molecule has 1 N–H and O–H groups in total. The average molecular weight is 194 g/mol. The molecule has 0 saturated carbocycles. The van der Waals surface area contributed by atoms with E-state index in [1.807, 2.05) is 17.8 Å². The van der Waals surface area contributed by atoms with Crippen LogP contribution in [0.25, 0.3) is 0 Å². The summed E-state index contributed by atoms with van der Waals surface area (Å²) in [7, 11) is 0. The van der Waals surface area contributed by atoms with Gasteiger partial charge in [-0.2, -0.15) is 11.8 Å². The van der Waals surface area contributed by atoms with Gasteiger partial charge in [-0.05, 0) is 12.7 Å². The number of nitrogens with one attached hydrogen (secondary N) is 1. The van der Waals surface area contributed by atoms with Gasteiger partial charge >= 0.3 is 0 Å². The molecule has 0 aliphatic heterocycles. The van der Waals surface area contributed by atoms with Gasteiger partial charge in [-0.15, -0.1) is 0 Å². The molecular weight excluding hydrogens is 178 g/mol. The summed E-state index contributed by atoms with van der Waals surface area (Å²) in [6, 6.07) is 0.577. The minimum Gasteiger partial charge on any atom is -0.310 e. The Balaban J connectivity index is 3.15. The molecule has 66 valence electrons. The summed E-state index contributed by atoms with van der Waals surface area (Å²) in [5.74, 6) is 2.37. The Hall–Kier alpha value is 0.340. The zero-order chi connectivity index (χ0) is 8.53. The molecule has 0 amide bonds. The average Bonchev–Trinajstić information content (AvgIpc) is 2.01. The van der Waals surface area contributed by atoms with Crippen LogP contribution in [0.2, 0.25) is 0 Å². The standard InChI is InChI=1S/C8H16ClNS/c1-3-11-7-8(2)10-6-4-5-9/h4-5,8,10H,3,6-7H2,1-2H3/b5-4+. The highest BCUT2D eigenvalue weighted by Crippen LogP contribution is 2.00. The summed E-state index contributed by atoms with van der Waals surface area (Å²) in [5, 5.41) is 3.33. The predicted octanol–water partition coefficient (Wildman–Crippen LogP) is 2.47. The number of hydrogen-bond acceptors (Lipinski definition) is 2. The first-order chi connectivity index (χ1) is 5.31. The lowest BCUT2D eigenvalue weighted by molar-refractivity contribution is 0.641. The monoisotopic (exact) mass is 193 g/mol. The molecule has 1 atom stereocenters. The van der Waals surface area contributed by atoms with Crippen LogP contribution in [0.1, 0.15) is 13.8 Å². The third-order valence-electron chi connectivity index (χ3n) is 1.25. The Morgan fingerprint density at radius 1 is 1.64 bits per heavy atom. The molecule has 1 nitrogen and oxygen atoms in total. The van der Waals surface area contributed by atoms with Crippen molar-refractivity contribution in [3.05, 3.63) is 11.6 Å². The molecule has 0 radical (unpaired) electrons. The SMILES string of the molecule is CCSCC(C)NC/C=C/Cl. The predicted molar refractivity (Wildman–Crippen MR) is 55.5 cm³/mol. The first-order valence-electron chi connectivity index (χ1n) is 3.87. The fourth-order valence-electron chi connectivity index (χ4n) is 0.667.